The molecule has 1 spiro atoms. The summed E-state index contributed by atoms with van der Waals surface area (Å²) in [6.45, 7) is 0. The Morgan fingerprint density at radius 1 is 1.19 bits per heavy atom. The van der Waals surface area contributed by atoms with Gasteiger partial charge in [0.2, 0.25) is 6.10 Å². The molecule has 1 saturated carbocycles. The molecule has 21 heavy (non-hydrogen) atoms. The summed E-state index contributed by atoms with van der Waals surface area (Å²) in [5.74, 6) is 0.791. The SMILES string of the molecule is CN(C)NN1C(=O)[C@@H](Oc2ccccc2)C12CCCCC2. The molecule has 5 nitrogen and oxygen atoms in total. The van der Waals surface area contributed by atoms with Gasteiger partial charge in [-0.3, -0.25) is 9.80 Å². The van der Waals surface area contributed by atoms with Crippen molar-refractivity contribution in [1.82, 2.24) is 15.6 Å². The first-order valence-corrected chi connectivity index (χ1v) is 7.63. The van der Waals surface area contributed by atoms with Crippen molar-refractivity contribution in [3.8, 4) is 5.75 Å². The molecule has 1 amide bonds. The quantitative estimate of drug-likeness (QED) is 0.680. The highest BCUT2D eigenvalue weighted by Crippen LogP contribution is 2.44. The van der Waals surface area contributed by atoms with E-state index in [0.717, 1.165) is 31.4 Å². The van der Waals surface area contributed by atoms with Gasteiger partial charge in [-0.2, -0.15) is 5.53 Å². The second kappa shape index (κ2) is 5.66. The van der Waals surface area contributed by atoms with E-state index in [1.54, 1.807) is 5.01 Å². The lowest BCUT2D eigenvalue weighted by Gasteiger charge is -2.58. The van der Waals surface area contributed by atoms with Crippen molar-refractivity contribution in [1.29, 1.82) is 0 Å². The summed E-state index contributed by atoms with van der Waals surface area (Å²) in [5, 5.41) is 3.59. The van der Waals surface area contributed by atoms with Gasteiger partial charge in [0.25, 0.3) is 5.91 Å². The number of carbonyl (C=O) groups is 1. The second-order valence-electron chi connectivity index (χ2n) is 6.14. The predicted octanol–water partition coefficient (Wildman–Crippen LogP) is 1.96. The number of benzene rings is 1. The molecule has 1 heterocycles. The van der Waals surface area contributed by atoms with Crippen LogP contribution in [0.5, 0.6) is 5.75 Å². The summed E-state index contributed by atoms with van der Waals surface area (Å²) in [7, 11) is 3.80. The molecule has 114 valence electrons. The molecule has 1 N–H and O–H groups in total. The molecule has 1 aliphatic carbocycles. The van der Waals surface area contributed by atoms with E-state index in [9.17, 15) is 4.79 Å². The second-order valence-corrected chi connectivity index (χ2v) is 6.14. The van der Waals surface area contributed by atoms with Crippen molar-refractivity contribution >= 4 is 5.91 Å². The Kier molecular flexibility index (Phi) is 3.87. The number of nitrogens with zero attached hydrogens (tertiary/aromatic N) is 2. The van der Waals surface area contributed by atoms with Crippen molar-refractivity contribution in [3.63, 3.8) is 0 Å². The normalized spacial score (nSPS) is 24.2. The first kappa shape index (κ1) is 14.4. The number of nitrogens with one attached hydrogen (secondary N) is 1. The van der Waals surface area contributed by atoms with Crippen molar-refractivity contribution in [2.24, 2.45) is 0 Å². The van der Waals surface area contributed by atoms with E-state index in [0.29, 0.717) is 0 Å². The maximum Gasteiger partial charge on any atom is 0.282 e. The lowest BCUT2D eigenvalue weighted by Crippen LogP contribution is -2.81. The lowest BCUT2D eigenvalue weighted by molar-refractivity contribution is -0.208. The third-order valence-corrected chi connectivity index (χ3v) is 4.39. The van der Waals surface area contributed by atoms with E-state index in [2.05, 4.69) is 5.53 Å². The third kappa shape index (κ3) is 2.51. The van der Waals surface area contributed by atoms with E-state index >= 15 is 0 Å². The molecule has 1 saturated heterocycles. The molecular formula is C16H23N3O2. The van der Waals surface area contributed by atoms with E-state index < -0.39 is 0 Å². The zero-order valence-electron chi connectivity index (χ0n) is 12.7. The van der Waals surface area contributed by atoms with E-state index in [-0.39, 0.29) is 17.6 Å². The number of β-lactam (4-membered cyclic amide) rings is 1. The average Bonchev–Trinajstić information content (AvgIpc) is 2.52. The van der Waals surface area contributed by atoms with E-state index in [1.807, 2.05) is 49.4 Å². The summed E-state index contributed by atoms with van der Waals surface area (Å²) in [5.41, 5.74) is 2.94. The van der Waals surface area contributed by atoms with Crippen LogP contribution in [0, 0.1) is 0 Å². The number of carbonyl (C=O) groups excluding carboxylic acids is 1. The number of hydrogen-bond acceptors (Lipinski definition) is 4. The Bertz CT molecular complexity index is 498. The van der Waals surface area contributed by atoms with Crippen LogP contribution in [-0.4, -0.2) is 41.7 Å². The molecule has 0 bridgehead atoms. The van der Waals surface area contributed by atoms with Crippen LogP contribution in [0.25, 0.3) is 0 Å². The molecule has 3 rings (SSSR count). The molecule has 1 aliphatic heterocycles. The van der Waals surface area contributed by atoms with Crippen LogP contribution in [0.15, 0.2) is 30.3 Å². The zero-order chi connectivity index (χ0) is 14.9. The van der Waals surface area contributed by atoms with Crippen LogP contribution < -0.4 is 10.3 Å². The van der Waals surface area contributed by atoms with Gasteiger partial charge in [0, 0.05) is 14.1 Å². The summed E-state index contributed by atoms with van der Waals surface area (Å²) in [6, 6.07) is 9.63. The van der Waals surface area contributed by atoms with E-state index in [1.165, 1.54) is 6.42 Å². The van der Waals surface area contributed by atoms with Gasteiger partial charge in [-0.25, -0.2) is 5.01 Å². The van der Waals surface area contributed by atoms with Crippen LogP contribution in [0.3, 0.4) is 0 Å². The minimum atomic E-state index is -0.368. The van der Waals surface area contributed by atoms with Crippen LogP contribution in [0.2, 0.25) is 0 Å². The van der Waals surface area contributed by atoms with Crippen LogP contribution in [0.4, 0.5) is 0 Å². The molecular weight excluding hydrogens is 266 g/mol. The molecule has 5 heteroatoms. The highest BCUT2D eigenvalue weighted by atomic mass is 16.5. The molecule has 1 atom stereocenters. The van der Waals surface area contributed by atoms with Crippen molar-refractivity contribution in [3.05, 3.63) is 30.3 Å². The summed E-state index contributed by atoms with van der Waals surface area (Å²) in [4.78, 5) is 12.5. The van der Waals surface area contributed by atoms with Gasteiger partial charge in [0.05, 0.1) is 0 Å². The highest BCUT2D eigenvalue weighted by molar-refractivity contribution is 5.90. The van der Waals surface area contributed by atoms with Gasteiger partial charge in [0.1, 0.15) is 11.3 Å². The van der Waals surface area contributed by atoms with Crippen LogP contribution in [0.1, 0.15) is 32.1 Å². The van der Waals surface area contributed by atoms with E-state index in [4.69, 9.17) is 4.74 Å². The van der Waals surface area contributed by atoms with Gasteiger partial charge in [0.15, 0.2) is 0 Å². The molecule has 0 radical (unpaired) electrons. The smallest absolute Gasteiger partial charge is 0.282 e. The fourth-order valence-corrected chi connectivity index (χ4v) is 3.41. The summed E-state index contributed by atoms with van der Waals surface area (Å²) >= 11 is 0. The average molecular weight is 289 g/mol. The largest absolute Gasteiger partial charge is 0.478 e. The van der Waals surface area contributed by atoms with Crippen molar-refractivity contribution in [2.45, 2.75) is 43.7 Å². The Hall–Kier alpha value is -1.59. The molecule has 1 aromatic carbocycles. The Morgan fingerprint density at radius 3 is 2.48 bits per heavy atom. The van der Waals surface area contributed by atoms with Gasteiger partial charge < -0.3 is 4.74 Å². The van der Waals surface area contributed by atoms with Crippen LogP contribution >= 0.6 is 0 Å². The van der Waals surface area contributed by atoms with Crippen molar-refractivity contribution < 1.29 is 9.53 Å². The number of rotatable bonds is 4. The number of hydrogen-bond donors (Lipinski definition) is 1. The molecule has 0 aromatic heterocycles. The zero-order valence-corrected chi connectivity index (χ0v) is 12.7. The van der Waals surface area contributed by atoms with Crippen LogP contribution in [-0.2, 0) is 4.79 Å². The molecule has 2 fully saturated rings. The predicted molar refractivity (Wildman–Crippen MR) is 80.3 cm³/mol. The highest BCUT2D eigenvalue weighted by Gasteiger charge is 2.62. The standard InChI is InChI=1S/C16H23N3O2/c1-18(2)17-19-15(20)14(16(19)11-7-4-8-12-16)21-13-9-5-3-6-10-13/h3,5-6,9-10,14,17H,4,7-8,11-12H2,1-2H3/t14-/m1/s1. The van der Waals surface area contributed by atoms with Gasteiger partial charge >= 0.3 is 0 Å². The lowest BCUT2D eigenvalue weighted by atomic mass is 9.71. The molecule has 1 aromatic rings. The van der Waals surface area contributed by atoms with Crippen molar-refractivity contribution in [2.75, 3.05) is 14.1 Å². The third-order valence-electron chi connectivity index (χ3n) is 4.39. The number of ether oxygens (including phenoxy) is 1. The summed E-state index contributed by atoms with van der Waals surface area (Å²) in [6.07, 6.45) is 5.16. The Labute approximate surface area is 125 Å². The minimum absolute atomic E-state index is 0.0226. The van der Waals surface area contributed by atoms with Gasteiger partial charge in [-0.05, 0) is 25.0 Å². The van der Waals surface area contributed by atoms with Gasteiger partial charge in [-0.15, -0.1) is 0 Å². The number of amides is 1. The maximum atomic E-state index is 12.5. The fraction of sp³-hybridized carbons (Fsp3) is 0.562. The first-order chi connectivity index (χ1) is 10.1. The molecule has 0 unspecified atom stereocenters. The first-order valence-electron chi connectivity index (χ1n) is 7.63. The monoisotopic (exact) mass is 289 g/mol. The Balaban J connectivity index is 1.80. The molecule has 2 aliphatic rings. The maximum absolute atomic E-state index is 12.5. The Morgan fingerprint density at radius 2 is 1.86 bits per heavy atom. The fourth-order valence-electron chi connectivity index (χ4n) is 3.41. The number of hydrazine groups is 2. The topological polar surface area (TPSA) is 44.8 Å². The van der Waals surface area contributed by atoms with Gasteiger partial charge in [-0.1, -0.05) is 37.5 Å². The number of para-hydroxylation sites is 1. The summed E-state index contributed by atoms with van der Waals surface area (Å²) < 4.78 is 6.02. The minimum Gasteiger partial charge on any atom is -0.478 e.